The SMILES string of the molecule is CCCn1nc(-c2ccc(C(F)(F)F)cc2)cc1CN(C)Cc1ccc(OC(C)(C)C(=O)O)c(Cl)c1. The fraction of sp³-hybridized carbons (Fsp3) is 0.385. The Morgan fingerprint density at radius 1 is 1.11 bits per heavy atom. The largest absolute Gasteiger partial charge is 0.478 e. The van der Waals surface area contributed by atoms with Gasteiger partial charge in [-0.2, -0.15) is 18.3 Å². The van der Waals surface area contributed by atoms with Crippen molar-refractivity contribution in [1.82, 2.24) is 14.7 Å². The lowest BCUT2D eigenvalue weighted by atomic mass is 10.1. The van der Waals surface area contributed by atoms with Crippen LogP contribution in [-0.4, -0.2) is 38.4 Å². The van der Waals surface area contributed by atoms with E-state index in [0.29, 0.717) is 35.9 Å². The van der Waals surface area contributed by atoms with Crippen LogP contribution < -0.4 is 4.74 Å². The maximum Gasteiger partial charge on any atom is 0.416 e. The Morgan fingerprint density at radius 3 is 2.33 bits per heavy atom. The minimum absolute atomic E-state index is 0.290. The highest BCUT2D eigenvalue weighted by Crippen LogP contribution is 2.32. The third-order valence-electron chi connectivity index (χ3n) is 5.57. The molecule has 194 valence electrons. The lowest BCUT2D eigenvalue weighted by Gasteiger charge is -2.23. The monoisotopic (exact) mass is 523 g/mol. The summed E-state index contributed by atoms with van der Waals surface area (Å²) in [7, 11) is 1.94. The third-order valence-corrected chi connectivity index (χ3v) is 5.86. The number of alkyl halides is 3. The number of carboxylic acids is 1. The highest BCUT2D eigenvalue weighted by Gasteiger charge is 2.31. The van der Waals surface area contributed by atoms with Crippen molar-refractivity contribution in [1.29, 1.82) is 0 Å². The number of halogens is 4. The zero-order valence-electron chi connectivity index (χ0n) is 20.6. The van der Waals surface area contributed by atoms with Crippen LogP contribution in [-0.2, 0) is 30.6 Å². The molecule has 3 aromatic rings. The van der Waals surface area contributed by atoms with E-state index in [-0.39, 0.29) is 5.75 Å². The molecule has 0 saturated heterocycles. The first-order valence-electron chi connectivity index (χ1n) is 11.4. The lowest BCUT2D eigenvalue weighted by molar-refractivity contribution is -0.152. The average Bonchev–Trinajstić information content (AvgIpc) is 3.17. The average molecular weight is 524 g/mol. The minimum Gasteiger partial charge on any atom is -0.478 e. The zero-order chi connectivity index (χ0) is 26.7. The van der Waals surface area contributed by atoms with Gasteiger partial charge in [0, 0.05) is 25.2 Å². The van der Waals surface area contributed by atoms with Crippen LogP contribution in [0, 0.1) is 0 Å². The standard InChI is InChI=1S/C26H29ClF3N3O3/c1-5-12-33-20(14-22(31-33)18-7-9-19(10-8-18)26(28,29)30)16-32(4)15-17-6-11-23(21(27)13-17)36-25(2,3)24(34)35/h6-11,13-14H,5,12,15-16H2,1-4H3,(H,34,35). The van der Waals surface area contributed by atoms with Crippen molar-refractivity contribution in [3.05, 3.63) is 70.4 Å². The van der Waals surface area contributed by atoms with Crippen LogP contribution in [0.15, 0.2) is 48.5 Å². The van der Waals surface area contributed by atoms with E-state index in [9.17, 15) is 23.1 Å². The topological polar surface area (TPSA) is 67.6 Å². The highest BCUT2D eigenvalue weighted by atomic mass is 35.5. The van der Waals surface area contributed by atoms with Gasteiger partial charge in [0.05, 0.1) is 22.0 Å². The van der Waals surface area contributed by atoms with Crippen LogP contribution >= 0.6 is 11.6 Å². The van der Waals surface area contributed by atoms with Crippen LogP contribution in [0.4, 0.5) is 13.2 Å². The summed E-state index contributed by atoms with van der Waals surface area (Å²) in [6.07, 6.45) is -3.53. The second-order valence-corrected chi connectivity index (χ2v) is 9.58. The summed E-state index contributed by atoms with van der Waals surface area (Å²) in [5.41, 5.74) is 0.973. The summed E-state index contributed by atoms with van der Waals surface area (Å²) in [6.45, 7) is 6.72. The van der Waals surface area contributed by atoms with Gasteiger partial charge >= 0.3 is 12.1 Å². The van der Waals surface area contributed by atoms with E-state index < -0.39 is 23.3 Å². The van der Waals surface area contributed by atoms with Gasteiger partial charge in [-0.25, -0.2) is 4.79 Å². The second-order valence-electron chi connectivity index (χ2n) is 9.17. The molecule has 0 aliphatic heterocycles. The van der Waals surface area contributed by atoms with E-state index >= 15 is 0 Å². The number of hydrogen-bond donors (Lipinski definition) is 1. The first-order chi connectivity index (χ1) is 16.8. The van der Waals surface area contributed by atoms with E-state index in [1.165, 1.54) is 26.0 Å². The van der Waals surface area contributed by atoms with Crippen molar-refractivity contribution < 1.29 is 27.8 Å². The summed E-state index contributed by atoms with van der Waals surface area (Å²) < 4.78 is 46.1. The fourth-order valence-electron chi connectivity index (χ4n) is 3.65. The number of aryl methyl sites for hydroxylation is 1. The molecule has 0 atom stereocenters. The van der Waals surface area contributed by atoms with E-state index in [2.05, 4.69) is 10.00 Å². The normalized spacial score (nSPS) is 12.2. The van der Waals surface area contributed by atoms with Crippen molar-refractivity contribution in [3.63, 3.8) is 0 Å². The number of aliphatic carboxylic acids is 1. The minimum atomic E-state index is -4.38. The lowest BCUT2D eigenvalue weighted by Crippen LogP contribution is -2.37. The van der Waals surface area contributed by atoms with Crippen molar-refractivity contribution in [2.24, 2.45) is 0 Å². The number of benzene rings is 2. The van der Waals surface area contributed by atoms with Gasteiger partial charge in [-0.15, -0.1) is 0 Å². The Hall–Kier alpha value is -3.04. The molecule has 36 heavy (non-hydrogen) atoms. The van der Waals surface area contributed by atoms with Gasteiger partial charge in [-0.05, 0) is 63.2 Å². The third kappa shape index (κ3) is 6.79. The Balaban J connectivity index is 1.74. The van der Waals surface area contributed by atoms with Gasteiger partial charge in [0.1, 0.15) is 5.75 Å². The molecule has 0 aliphatic carbocycles. The number of nitrogens with zero attached hydrogens (tertiary/aromatic N) is 3. The summed E-state index contributed by atoms with van der Waals surface area (Å²) >= 11 is 6.34. The maximum absolute atomic E-state index is 12.9. The van der Waals surface area contributed by atoms with Crippen molar-refractivity contribution in [2.45, 2.75) is 58.6 Å². The first kappa shape index (κ1) is 27.5. The molecule has 3 rings (SSSR count). The molecule has 0 saturated carbocycles. The number of rotatable bonds is 10. The molecule has 0 unspecified atom stereocenters. The predicted octanol–water partition coefficient (Wildman–Crippen LogP) is 6.51. The molecular formula is C26H29ClF3N3O3. The van der Waals surface area contributed by atoms with Crippen LogP contribution in [0.2, 0.25) is 5.02 Å². The molecule has 1 N–H and O–H groups in total. The molecule has 0 spiro atoms. The Morgan fingerprint density at radius 2 is 1.78 bits per heavy atom. The number of aromatic nitrogens is 2. The Kier molecular flexibility index (Phi) is 8.36. The molecule has 1 heterocycles. The molecule has 2 aromatic carbocycles. The summed E-state index contributed by atoms with van der Waals surface area (Å²) in [5.74, 6) is -0.806. The number of ether oxygens (including phenoxy) is 1. The van der Waals surface area contributed by atoms with Crippen molar-refractivity contribution >= 4 is 17.6 Å². The smallest absolute Gasteiger partial charge is 0.416 e. The van der Waals surface area contributed by atoms with Gasteiger partial charge in [-0.1, -0.05) is 36.7 Å². The molecule has 1 aromatic heterocycles. The van der Waals surface area contributed by atoms with E-state index in [1.807, 2.05) is 30.8 Å². The van der Waals surface area contributed by atoms with Gasteiger partial charge in [0.15, 0.2) is 5.60 Å². The number of carboxylic acid groups (broad SMARTS) is 1. The van der Waals surface area contributed by atoms with Crippen molar-refractivity contribution in [3.8, 4) is 17.0 Å². The number of hydrogen-bond acceptors (Lipinski definition) is 4. The molecule has 10 heteroatoms. The van der Waals surface area contributed by atoms with E-state index in [4.69, 9.17) is 16.3 Å². The predicted molar refractivity (Wildman–Crippen MR) is 132 cm³/mol. The highest BCUT2D eigenvalue weighted by molar-refractivity contribution is 6.32. The molecule has 0 bridgehead atoms. The van der Waals surface area contributed by atoms with Crippen LogP contribution in [0.5, 0.6) is 5.75 Å². The number of carbonyl (C=O) groups is 1. The van der Waals surface area contributed by atoms with E-state index in [0.717, 1.165) is 29.8 Å². The van der Waals surface area contributed by atoms with E-state index in [1.54, 1.807) is 12.1 Å². The summed E-state index contributed by atoms with van der Waals surface area (Å²) in [5, 5.41) is 14.2. The zero-order valence-corrected chi connectivity index (χ0v) is 21.3. The first-order valence-corrected chi connectivity index (χ1v) is 11.8. The maximum atomic E-state index is 12.9. The summed E-state index contributed by atoms with van der Waals surface area (Å²) in [4.78, 5) is 13.4. The molecular weight excluding hydrogens is 495 g/mol. The van der Waals surface area contributed by atoms with Crippen LogP contribution in [0.25, 0.3) is 11.3 Å². The van der Waals surface area contributed by atoms with Gasteiger partial charge in [0.2, 0.25) is 0 Å². The fourth-order valence-corrected chi connectivity index (χ4v) is 3.89. The second kappa shape index (κ2) is 10.9. The van der Waals surface area contributed by atoms with Crippen LogP contribution in [0.1, 0.15) is 44.0 Å². The summed E-state index contributed by atoms with van der Waals surface area (Å²) in [6, 6.07) is 12.1. The Bertz CT molecular complexity index is 1210. The quantitative estimate of drug-likeness (QED) is 0.328. The molecule has 0 aliphatic rings. The van der Waals surface area contributed by atoms with Gasteiger partial charge < -0.3 is 9.84 Å². The van der Waals surface area contributed by atoms with Crippen LogP contribution in [0.3, 0.4) is 0 Å². The molecule has 0 fully saturated rings. The van der Waals surface area contributed by atoms with Crippen molar-refractivity contribution in [2.75, 3.05) is 7.05 Å². The van der Waals surface area contributed by atoms with Gasteiger partial charge in [-0.3, -0.25) is 9.58 Å². The molecule has 0 amide bonds. The Labute approximate surface area is 213 Å². The molecule has 6 nitrogen and oxygen atoms in total. The van der Waals surface area contributed by atoms with Gasteiger partial charge in [0.25, 0.3) is 0 Å². The molecule has 0 radical (unpaired) electrons.